The minimum atomic E-state index is -0.458. The Morgan fingerprint density at radius 3 is 2.52 bits per heavy atom. The van der Waals surface area contributed by atoms with Gasteiger partial charge in [-0.1, -0.05) is 6.08 Å². The van der Waals surface area contributed by atoms with E-state index in [4.69, 9.17) is 14.2 Å². The third kappa shape index (κ3) is 3.25. The predicted octanol–water partition coefficient (Wildman–Crippen LogP) is 2.99. The van der Waals surface area contributed by atoms with Crippen LogP contribution >= 0.6 is 0 Å². The van der Waals surface area contributed by atoms with Gasteiger partial charge in [0.1, 0.15) is 17.1 Å². The first-order valence-corrected chi connectivity index (χ1v) is 6.35. The van der Waals surface area contributed by atoms with Crippen LogP contribution < -0.4 is 9.47 Å². The molecule has 0 aliphatic rings. The fourth-order valence-electron chi connectivity index (χ4n) is 1.97. The van der Waals surface area contributed by atoms with Crippen LogP contribution in [0.4, 0.5) is 0 Å². The Bertz CT molecular complexity index is 645. The summed E-state index contributed by atoms with van der Waals surface area (Å²) >= 11 is 0. The summed E-state index contributed by atoms with van der Waals surface area (Å²) in [6.07, 6.45) is 5.50. The van der Waals surface area contributed by atoms with Crippen LogP contribution in [0.15, 0.2) is 30.5 Å². The molecule has 0 aliphatic heterocycles. The van der Waals surface area contributed by atoms with Crippen molar-refractivity contribution in [2.45, 2.75) is 0 Å². The molecule has 1 aromatic carbocycles. The van der Waals surface area contributed by atoms with Crippen molar-refractivity contribution in [2.75, 3.05) is 21.3 Å². The lowest BCUT2D eigenvalue weighted by Gasteiger charge is -2.12. The molecular weight excluding hydrogens is 270 g/mol. The molecule has 0 aliphatic carbocycles. The lowest BCUT2D eigenvalue weighted by atomic mass is 10.0. The van der Waals surface area contributed by atoms with Gasteiger partial charge in [-0.2, -0.15) is 0 Å². The van der Waals surface area contributed by atoms with Crippen LogP contribution in [0.5, 0.6) is 11.5 Å². The van der Waals surface area contributed by atoms with Gasteiger partial charge in [0.25, 0.3) is 0 Å². The second-order valence-electron chi connectivity index (χ2n) is 4.24. The van der Waals surface area contributed by atoms with Crippen LogP contribution in [-0.4, -0.2) is 32.3 Å². The molecule has 0 saturated heterocycles. The van der Waals surface area contributed by atoms with E-state index >= 15 is 0 Å². The van der Waals surface area contributed by atoms with E-state index < -0.39 is 5.97 Å². The van der Waals surface area contributed by atoms with E-state index in [0.717, 1.165) is 5.69 Å². The van der Waals surface area contributed by atoms with Gasteiger partial charge in [0, 0.05) is 18.0 Å². The lowest BCUT2D eigenvalue weighted by molar-refractivity contribution is 0.0597. The second-order valence-corrected chi connectivity index (χ2v) is 4.24. The fourth-order valence-corrected chi connectivity index (χ4v) is 1.97. The zero-order valence-corrected chi connectivity index (χ0v) is 12.2. The van der Waals surface area contributed by atoms with E-state index in [1.165, 1.54) is 14.2 Å². The highest BCUT2D eigenvalue weighted by Gasteiger charge is 2.18. The summed E-state index contributed by atoms with van der Waals surface area (Å²) in [4.78, 5) is 15.1. The van der Waals surface area contributed by atoms with Gasteiger partial charge < -0.3 is 19.2 Å². The molecule has 0 radical (unpaired) electrons. The summed E-state index contributed by atoms with van der Waals surface area (Å²) in [5.41, 5.74) is 1.95. The molecule has 0 saturated carbocycles. The van der Waals surface area contributed by atoms with Gasteiger partial charge in [-0.05, 0) is 29.8 Å². The molecule has 5 nitrogen and oxygen atoms in total. The van der Waals surface area contributed by atoms with Crippen molar-refractivity contribution in [3.8, 4) is 11.5 Å². The maximum atomic E-state index is 12.0. The Labute approximate surface area is 123 Å². The first-order chi connectivity index (χ1) is 10.2. The van der Waals surface area contributed by atoms with Gasteiger partial charge in [-0.3, -0.25) is 0 Å². The normalized spacial score (nSPS) is 10.6. The molecule has 0 unspecified atom stereocenters. The quantitative estimate of drug-likeness (QED) is 0.859. The van der Waals surface area contributed by atoms with Crippen molar-refractivity contribution < 1.29 is 19.0 Å². The van der Waals surface area contributed by atoms with Crippen molar-refractivity contribution in [3.63, 3.8) is 0 Å². The number of rotatable bonds is 5. The fraction of sp³-hybridized carbons (Fsp3) is 0.188. The maximum Gasteiger partial charge on any atom is 0.342 e. The number of aromatic nitrogens is 1. The molecule has 110 valence electrons. The topological polar surface area (TPSA) is 60.6 Å². The summed E-state index contributed by atoms with van der Waals surface area (Å²) in [5, 5.41) is 0. The van der Waals surface area contributed by atoms with Gasteiger partial charge in [0.05, 0.1) is 21.3 Å². The van der Waals surface area contributed by atoms with Crippen molar-refractivity contribution in [1.29, 1.82) is 0 Å². The number of benzene rings is 1. The first kappa shape index (κ1) is 14.7. The number of H-pyrrole nitrogens is 1. The minimum absolute atomic E-state index is 0.364. The van der Waals surface area contributed by atoms with Gasteiger partial charge in [0.15, 0.2) is 0 Å². The van der Waals surface area contributed by atoms with Gasteiger partial charge in [-0.15, -0.1) is 0 Å². The van der Waals surface area contributed by atoms with Crippen LogP contribution in [0.1, 0.15) is 21.6 Å². The molecule has 5 heteroatoms. The van der Waals surface area contributed by atoms with Crippen molar-refractivity contribution in [3.05, 3.63) is 47.3 Å². The van der Waals surface area contributed by atoms with Crippen molar-refractivity contribution in [1.82, 2.24) is 4.98 Å². The first-order valence-electron chi connectivity index (χ1n) is 6.35. The van der Waals surface area contributed by atoms with Crippen LogP contribution in [0.2, 0.25) is 0 Å². The van der Waals surface area contributed by atoms with Crippen LogP contribution in [-0.2, 0) is 4.74 Å². The number of methoxy groups -OCH3 is 3. The zero-order chi connectivity index (χ0) is 15.2. The number of carbonyl (C=O) groups excluding carboxylic acids is 1. The summed E-state index contributed by atoms with van der Waals surface area (Å²) in [5.74, 6) is 0.554. The monoisotopic (exact) mass is 287 g/mol. The van der Waals surface area contributed by atoms with Crippen LogP contribution in [0.3, 0.4) is 0 Å². The average Bonchev–Trinajstić information content (AvgIpc) is 3.04. The molecule has 21 heavy (non-hydrogen) atoms. The highest BCUT2D eigenvalue weighted by molar-refractivity contribution is 5.98. The van der Waals surface area contributed by atoms with Gasteiger partial charge in [0.2, 0.25) is 0 Å². The van der Waals surface area contributed by atoms with E-state index in [0.29, 0.717) is 22.6 Å². The van der Waals surface area contributed by atoms with E-state index in [-0.39, 0.29) is 0 Å². The third-order valence-electron chi connectivity index (χ3n) is 3.02. The molecule has 0 atom stereocenters. The van der Waals surface area contributed by atoms with Crippen molar-refractivity contribution in [2.24, 2.45) is 0 Å². The molecule has 0 amide bonds. The standard InChI is InChI=1S/C16H17NO4/c1-19-13-9-11(6-7-12-5-4-8-17-12)15(16(18)21-3)14(10-13)20-2/h4-10,17H,1-3H3/b7-6-. The smallest absolute Gasteiger partial charge is 0.342 e. The number of hydrogen-bond acceptors (Lipinski definition) is 4. The highest BCUT2D eigenvalue weighted by atomic mass is 16.5. The Balaban J connectivity index is 2.52. The van der Waals surface area contributed by atoms with Crippen LogP contribution in [0.25, 0.3) is 12.2 Å². The Hall–Kier alpha value is -2.69. The molecule has 2 aromatic rings. The highest BCUT2D eigenvalue weighted by Crippen LogP contribution is 2.30. The zero-order valence-electron chi connectivity index (χ0n) is 12.2. The number of carbonyl (C=O) groups is 1. The van der Waals surface area contributed by atoms with E-state index in [9.17, 15) is 4.79 Å². The number of nitrogens with one attached hydrogen (secondary N) is 1. The SMILES string of the molecule is COC(=O)c1c(/C=C\c2ccc[nH]2)cc(OC)cc1OC. The summed E-state index contributed by atoms with van der Waals surface area (Å²) in [7, 11) is 4.40. The molecular formula is C16H17NO4. The Morgan fingerprint density at radius 2 is 1.95 bits per heavy atom. The molecule has 1 N–H and O–H groups in total. The van der Waals surface area contributed by atoms with Gasteiger partial charge >= 0.3 is 5.97 Å². The molecule has 1 heterocycles. The van der Waals surface area contributed by atoms with E-state index in [2.05, 4.69) is 4.98 Å². The molecule has 1 aromatic heterocycles. The Kier molecular flexibility index (Phi) is 4.66. The summed E-state index contributed by atoms with van der Waals surface area (Å²) < 4.78 is 15.3. The van der Waals surface area contributed by atoms with Crippen LogP contribution in [0, 0.1) is 0 Å². The number of ether oxygens (including phenoxy) is 3. The molecule has 0 bridgehead atoms. The number of aromatic amines is 1. The lowest BCUT2D eigenvalue weighted by Crippen LogP contribution is -2.07. The Morgan fingerprint density at radius 1 is 1.14 bits per heavy atom. The molecule has 0 spiro atoms. The van der Waals surface area contributed by atoms with E-state index in [1.807, 2.05) is 30.5 Å². The third-order valence-corrected chi connectivity index (χ3v) is 3.02. The van der Waals surface area contributed by atoms with Crippen molar-refractivity contribution >= 4 is 18.1 Å². The number of esters is 1. The van der Waals surface area contributed by atoms with E-state index in [1.54, 1.807) is 19.2 Å². The summed E-state index contributed by atoms with van der Waals surface area (Å²) in [6, 6.07) is 7.23. The summed E-state index contributed by atoms with van der Waals surface area (Å²) in [6.45, 7) is 0. The molecule has 0 fully saturated rings. The molecule has 2 rings (SSSR count). The maximum absolute atomic E-state index is 12.0. The van der Waals surface area contributed by atoms with Gasteiger partial charge in [-0.25, -0.2) is 4.79 Å². The predicted molar refractivity (Wildman–Crippen MR) is 80.6 cm³/mol. The minimum Gasteiger partial charge on any atom is -0.497 e. The average molecular weight is 287 g/mol. The largest absolute Gasteiger partial charge is 0.497 e. The second kappa shape index (κ2) is 6.65. The number of hydrogen-bond donors (Lipinski definition) is 1.